The van der Waals surface area contributed by atoms with Crippen molar-refractivity contribution in [1.29, 1.82) is 0 Å². The average Bonchev–Trinajstić information content (AvgIpc) is 2.31. The van der Waals surface area contributed by atoms with Gasteiger partial charge in [-0.1, -0.05) is 24.3 Å². The molecular formula is C12H18N2O. The van der Waals surface area contributed by atoms with Gasteiger partial charge < -0.3 is 10.6 Å². The number of piperidine rings is 1. The Bertz CT molecular complexity index is 277. The Morgan fingerprint density at radius 2 is 2.33 bits per heavy atom. The highest BCUT2D eigenvalue weighted by molar-refractivity contribution is 5.81. The van der Waals surface area contributed by atoms with Gasteiger partial charge in [-0.2, -0.15) is 0 Å². The van der Waals surface area contributed by atoms with Crippen molar-refractivity contribution in [2.24, 2.45) is 5.92 Å². The third-order valence-electron chi connectivity index (χ3n) is 2.96. The topological polar surface area (TPSA) is 41.1 Å². The van der Waals surface area contributed by atoms with Crippen LogP contribution in [0.25, 0.3) is 0 Å². The van der Waals surface area contributed by atoms with Crippen molar-refractivity contribution in [2.45, 2.75) is 25.3 Å². The zero-order chi connectivity index (χ0) is 10.5. The third-order valence-corrected chi connectivity index (χ3v) is 2.96. The van der Waals surface area contributed by atoms with Gasteiger partial charge in [0.2, 0.25) is 5.91 Å². The number of nitrogens with one attached hydrogen (secondary N) is 2. The summed E-state index contributed by atoms with van der Waals surface area (Å²) in [4.78, 5) is 11.8. The molecule has 1 aliphatic heterocycles. The average molecular weight is 206 g/mol. The number of hydrogen-bond donors (Lipinski definition) is 2. The molecule has 0 aromatic heterocycles. The zero-order valence-electron chi connectivity index (χ0n) is 8.91. The molecule has 1 amide bonds. The van der Waals surface area contributed by atoms with Gasteiger partial charge in [0.25, 0.3) is 0 Å². The smallest absolute Gasteiger partial charge is 0.227 e. The van der Waals surface area contributed by atoms with Crippen LogP contribution in [0, 0.1) is 5.92 Å². The zero-order valence-corrected chi connectivity index (χ0v) is 8.91. The van der Waals surface area contributed by atoms with Crippen LogP contribution in [-0.4, -0.2) is 25.0 Å². The number of carbonyl (C=O) groups excluding carboxylic acids is 1. The minimum absolute atomic E-state index is 0.0388. The van der Waals surface area contributed by atoms with Crippen molar-refractivity contribution in [2.75, 3.05) is 13.1 Å². The van der Waals surface area contributed by atoms with Gasteiger partial charge in [-0.15, -0.1) is 0 Å². The SMILES string of the molecule is O=C(NC1CCCNC1)C1C=CC=CC1. The van der Waals surface area contributed by atoms with Crippen LogP contribution in [0.3, 0.4) is 0 Å². The summed E-state index contributed by atoms with van der Waals surface area (Å²) in [5.41, 5.74) is 0. The molecule has 3 heteroatoms. The molecule has 0 aromatic rings. The van der Waals surface area contributed by atoms with E-state index >= 15 is 0 Å². The summed E-state index contributed by atoms with van der Waals surface area (Å²) in [6.07, 6.45) is 11.1. The molecule has 0 bridgehead atoms. The Hall–Kier alpha value is -1.09. The molecule has 2 atom stereocenters. The fourth-order valence-corrected chi connectivity index (χ4v) is 2.06. The van der Waals surface area contributed by atoms with Crippen molar-refractivity contribution >= 4 is 5.91 Å². The molecule has 1 fully saturated rings. The van der Waals surface area contributed by atoms with Gasteiger partial charge in [0, 0.05) is 12.6 Å². The lowest BCUT2D eigenvalue weighted by atomic mass is 9.99. The first-order valence-electron chi connectivity index (χ1n) is 5.70. The van der Waals surface area contributed by atoms with E-state index in [1.54, 1.807) is 0 Å². The molecule has 82 valence electrons. The van der Waals surface area contributed by atoms with Gasteiger partial charge in [-0.05, 0) is 25.8 Å². The maximum absolute atomic E-state index is 11.8. The molecule has 0 radical (unpaired) electrons. The summed E-state index contributed by atoms with van der Waals surface area (Å²) < 4.78 is 0. The number of allylic oxidation sites excluding steroid dienone is 3. The van der Waals surface area contributed by atoms with Gasteiger partial charge in [-0.3, -0.25) is 4.79 Å². The summed E-state index contributed by atoms with van der Waals surface area (Å²) >= 11 is 0. The van der Waals surface area contributed by atoms with Crippen LogP contribution in [0.4, 0.5) is 0 Å². The standard InChI is InChI=1S/C12H18N2O/c15-12(10-5-2-1-3-6-10)14-11-7-4-8-13-9-11/h1-3,5,10-11,13H,4,6-9H2,(H,14,15). The lowest BCUT2D eigenvalue weighted by molar-refractivity contribution is -0.124. The predicted molar refractivity (Wildman–Crippen MR) is 60.4 cm³/mol. The summed E-state index contributed by atoms with van der Waals surface area (Å²) in [7, 11) is 0. The fourth-order valence-electron chi connectivity index (χ4n) is 2.06. The van der Waals surface area contributed by atoms with E-state index in [4.69, 9.17) is 0 Å². The Labute approximate surface area is 90.6 Å². The second-order valence-corrected chi connectivity index (χ2v) is 4.21. The van der Waals surface area contributed by atoms with Crippen LogP contribution in [-0.2, 0) is 4.79 Å². The van der Waals surface area contributed by atoms with E-state index in [1.807, 2.05) is 24.3 Å². The minimum atomic E-state index is 0.0388. The number of amides is 1. The molecule has 2 unspecified atom stereocenters. The van der Waals surface area contributed by atoms with E-state index < -0.39 is 0 Å². The van der Waals surface area contributed by atoms with Crippen molar-refractivity contribution in [3.8, 4) is 0 Å². The van der Waals surface area contributed by atoms with Crippen molar-refractivity contribution in [1.82, 2.24) is 10.6 Å². The van der Waals surface area contributed by atoms with Crippen LogP contribution in [0.2, 0.25) is 0 Å². The molecule has 0 saturated carbocycles. The molecule has 2 rings (SSSR count). The quantitative estimate of drug-likeness (QED) is 0.707. The summed E-state index contributed by atoms with van der Waals surface area (Å²) in [6.45, 7) is 2.00. The van der Waals surface area contributed by atoms with Gasteiger partial charge >= 0.3 is 0 Å². The normalized spacial score (nSPS) is 30.1. The van der Waals surface area contributed by atoms with E-state index in [2.05, 4.69) is 10.6 Å². The van der Waals surface area contributed by atoms with E-state index in [1.165, 1.54) is 0 Å². The molecule has 1 saturated heterocycles. The van der Waals surface area contributed by atoms with Crippen molar-refractivity contribution in [3.05, 3.63) is 24.3 Å². The molecular weight excluding hydrogens is 188 g/mol. The van der Waals surface area contributed by atoms with Gasteiger partial charge in [-0.25, -0.2) is 0 Å². The number of rotatable bonds is 2. The second kappa shape index (κ2) is 5.12. The number of carbonyl (C=O) groups is 1. The lowest BCUT2D eigenvalue weighted by Gasteiger charge is -2.25. The Kier molecular flexibility index (Phi) is 3.56. The van der Waals surface area contributed by atoms with Crippen LogP contribution in [0.5, 0.6) is 0 Å². The van der Waals surface area contributed by atoms with E-state index in [-0.39, 0.29) is 11.8 Å². The lowest BCUT2D eigenvalue weighted by Crippen LogP contribution is -2.47. The first-order valence-corrected chi connectivity index (χ1v) is 5.70. The third kappa shape index (κ3) is 2.93. The van der Waals surface area contributed by atoms with Crippen LogP contribution in [0.15, 0.2) is 24.3 Å². The highest BCUT2D eigenvalue weighted by Crippen LogP contribution is 2.12. The van der Waals surface area contributed by atoms with E-state index in [0.29, 0.717) is 6.04 Å². The van der Waals surface area contributed by atoms with Crippen molar-refractivity contribution < 1.29 is 4.79 Å². The summed E-state index contributed by atoms with van der Waals surface area (Å²) in [5, 5.41) is 6.40. The summed E-state index contributed by atoms with van der Waals surface area (Å²) in [6, 6.07) is 0.325. The number of hydrogen-bond acceptors (Lipinski definition) is 2. The van der Waals surface area contributed by atoms with Gasteiger partial charge in [0.05, 0.1) is 5.92 Å². The fraction of sp³-hybridized carbons (Fsp3) is 0.583. The molecule has 0 aromatic carbocycles. The molecule has 15 heavy (non-hydrogen) atoms. The monoisotopic (exact) mass is 206 g/mol. The Morgan fingerprint density at radius 3 is 3.00 bits per heavy atom. The highest BCUT2D eigenvalue weighted by Gasteiger charge is 2.20. The largest absolute Gasteiger partial charge is 0.352 e. The second-order valence-electron chi connectivity index (χ2n) is 4.21. The Morgan fingerprint density at radius 1 is 1.40 bits per heavy atom. The van der Waals surface area contributed by atoms with Crippen LogP contribution in [0.1, 0.15) is 19.3 Å². The predicted octanol–water partition coefficient (Wildman–Crippen LogP) is 0.987. The van der Waals surface area contributed by atoms with Gasteiger partial charge in [0.15, 0.2) is 0 Å². The van der Waals surface area contributed by atoms with E-state index in [0.717, 1.165) is 32.4 Å². The maximum Gasteiger partial charge on any atom is 0.227 e. The Balaban J connectivity index is 1.80. The molecule has 1 heterocycles. The molecule has 3 nitrogen and oxygen atoms in total. The van der Waals surface area contributed by atoms with E-state index in [9.17, 15) is 4.79 Å². The maximum atomic E-state index is 11.8. The highest BCUT2D eigenvalue weighted by atomic mass is 16.1. The molecule has 2 aliphatic rings. The molecule has 1 aliphatic carbocycles. The minimum Gasteiger partial charge on any atom is -0.352 e. The van der Waals surface area contributed by atoms with Crippen LogP contribution >= 0.6 is 0 Å². The molecule has 2 N–H and O–H groups in total. The summed E-state index contributed by atoms with van der Waals surface area (Å²) in [5.74, 6) is 0.209. The molecule has 0 spiro atoms. The first-order chi connectivity index (χ1) is 7.36. The van der Waals surface area contributed by atoms with Crippen LogP contribution < -0.4 is 10.6 Å². The van der Waals surface area contributed by atoms with Gasteiger partial charge in [0.1, 0.15) is 0 Å². The van der Waals surface area contributed by atoms with Crippen molar-refractivity contribution in [3.63, 3.8) is 0 Å². The first kappa shape index (κ1) is 10.4.